The molecular formula is C11H12Ti. The van der Waals surface area contributed by atoms with Gasteiger partial charge in [0.25, 0.3) is 0 Å². The topological polar surface area (TPSA) is 0 Å². The fourth-order valence-corrected chi connectivity index (χ4v) is 1.69. The van der Waals surface area contributed by atoms with Crippen molar-refractivity contribution in [1.82, 2.24) is 0 Å². The maximum Gasteiger partial charge on any atom is 0 e. The minimum atomic E-state index is 0. The van der Waals surface area contributed by atoms with Gasteiger partial charge in [-0.3, -0.25) is 0 Å². The molecule has 0 atom stereocenters. The molecule has 0 fully saturated rings. The number of benzene rings is 1. The van der Waals surface area contributed by atoms with Crippen molar-refractivity contribution < 1.29 is 21.7 Å². The van der Waals surface area contributed by atoms with Crippen molar-refractivity contribution in [2.45, 2.75) is 20.3 Å². The van der Waals surface area contributed by atoms with Gasteiger partial charge in [0.05, 0.1) is 0 Å². The van der Waals surface area contributed by atoms with Crippen LogP contribution in [0.25, 0.3) is 6.08 Å². The summed E-state index contributed by atoms with van der Waals surface area (Å²) < 4.78 is 0. The molecule has 1 aliphatic rings. The van der Waals surface area contributed by atoms with Crippen LogP contribution in [-0.4, -0.2) is 0 Å². The molecule has 1 aliphatic carbocycles. The van der Waals surface area contributed by atoms with Crippen LogP contribution in [0.5, 0.6) is 0 Å². The summed E-state index contributed by atoms with van der Waals surface area (Å²) in [5.41, 5.74) is 5.80. The van der Waals surface area contributed by atoms with Crippen molar-refractivity contribution >= 4 is 6.08 Å². The first-order valence-corrected chi connectivity index (χ1v) is 4.04. The average molecular weight is 192 g/mol. The summed E-state index contributed by atoms with van der Waals surface area (Å²) >= 11 is 0. The second-order valence-corrected chi connectivity index (χ2v) is 3.20. The van der Waals surface area contributed by atoms with Crippen LogP contribution in [-0.2, 0) is 28.1 Å². The zero-order valence-corrected chi connectivity index (χ0v) is 9.08. The molecule has 0 aliphatic heterocycles. The van der Waals surface area contributed by atoms with Crippen LogP contribution < -0.4 is 0 Å². The second-order valence-electron chi connectivity index (χ2n) is 3.20. The van der Waals surface area contributed by atoms with Crippen molar-refractivity contribution in [2.75, 3.05) is 0 Å². The Kier molecular flexibility index (Phi) is 2.92. The molecule has 0 aromatic heterocycles. The van der Waals surface area contributed by atoms with Crippen molar-refractivity contribution in [3.63, 3.8) is 0 Å². The van der Waals surface area contributed by atoms with E-state index in [9.17, 15) is 0 Å². The van der Waals surface area contributed by atoms with Gasteiger partial charge in [0.15, 0.2) is 0 Å². The Hall–Kier alpha value is -0.326. The molecule has 0 saturated carbocycles. The average Bonchev–Trinajstić information content (AvgIpc) is 2.45. The van der Waals surface area contributed by atoms with Gasteiger partial charge in [0.2, 0.25) is 0 Å². The molecule has 60 valence electrons. The third-order valence-electron chi connectivity index (χ3n) is 2.42. The minimum Gasteiger partial charge on any atom is -0.0795 e. The first-order chi connectivity index (χ1) is 5.29. The molecule has 0 nitrogen and oxygen atoms in total. The molecular weight excluding hydrogens is 180 g/mol. The number of aryl methyl sites for hydroxylation is 2. The van der Waals surface area contributed by atoms with E-state index in [1.54, 1.807) is 0 Å². The normalized spacial score (nSPS) is 12.5. The van der Waals surface area contributed by atoms with Gasteiger partial charge in [-0.1, -0.05) is 24.3 Å². The Morgan fingerprint density at radius 2 is 1.75 bits per heavy atom. The maximum atomic E-state index is 2.24. The fraction of sp³-hybridized carbons (Fsp3) is 0.273. The maximum absolute atomic E-state index is 2.24. The summed E-state index contributed by atoms with van der Waals surface area (Å²) in [5.74, 6) is 0. The second kappa shape index (κ2) is 3.59. The molecule has 0 heterocycles. The third kappa shape index (κ3) is 1.42. The van der Waals surface area contributed by atoms with Gasteiger partial charge >= 0.3 is 0 Å². The zero-order valence-electron chi connectivity index (χ0n) is 7.52. The standard InChI is InChI=1S/C11H12.Ti/c1-8-6-7-9(2)11-5-3-4-10(8)11;/h3-4,6-7H,5H2,1-2H3;. The summed E-state index contributed by atoms with van der Waals surface area (Å²) in [7, 11) is 0. The minimum absolute atomic E-state index is 0. The third-order valence-corrected chi connectivity index (χ3v) is 2.42. The molecule has 1 aromatic carbocycles. The predicted octanol–water partition coefficient (Wildman–Crippen LogP) is 2.87. The van der Waals surface area contributed by atoms with Crippen molar-refractivity contribution in [3.05, 3.63) is 40.5 Å². The van der Waals surface area contributed by atoms with E-state index in [0.29, 0.717) is 0 Å². The van der Waals surface area contributed by atoms with E-state index in [-0.39, 0.29) is 21.7 Å². The molecule has 0 bridgehead atoms. The van der Waals surface area contributed by atoms with Crippen LogP contribution in [0.4, 0.5) is 0 Å². The number of rotatable bonds is 0. The van der Waals surface area contributed by atoms with Crippen molar-refractivity contribution in [1.29, 1.82) is 0 Å². The molecule has 0 radical (unpaired) electrons. The quantitative estimate of drug-likeness (QED) is 0.554. The fourth-order valence-electron chi connectivity index (χ4n) is 1.69. The van der Waals surface area contributed by atoms with Gasteiger partial charge in [-0.15, -0.1) is 0 Å². The molecule has 0 amide bonds. The Labute approximate surface area is 88.6 Å². The van der Waals surface area contributed by atoms with Gasteiger partial charge in [-0.05, 0) is 42.5 Å². The van der Waals surface area contributed by atoms with E-state index >= 15 is 0 Å². The Morgan fingerprint density at radius 3 is 2.42 bits per heavy atom. The molecule has 0 saturated heterocycles. The molecule has 0 spiro atoms. The van der Waals surface area contributed by atoms with E-state index < -0.39 is 0 Å². The predicted molar refractivity (Wildman–Crippen MR) is 48.7 cm³/mol. The van der Waals surface area contributed by atoms with Crippen LogP contribution in [0.2, 0.25) is 0 Å². The number of hydrogen-bond acceptors (Lipinski definition) is 0. The summed E-state index contributed by atoms with van der Waals surface area (Å²) in [6, 6.07) is 4.41. The van der Waals surface area contributed by atoms with Gasteiger partial charge in [-0.2, -0.15) is 0 Å². The van der Waals surface area contributed by atoms with E-state index in [0.717, 1.165) is 6.42 Å². The Morgan fingerprint density at radius 1 is 1.08 bits per heavy atom. The van der Waals surface area contributed by atoms with Gasteiger partial charge in [0, 0.05) is 21.7 Å². The first-order valence-electron chi connectivity index (χ1n) is 4.04. The van der Waals surface area contributed by atoms with Crippen molar-refractivity contribution in [2.24, 2.45) is 0 Å². The molecule has 0 N–H and O–H groups in total. The van der Waals surface area contributed by atoms with Gasteiger partial charge < -0.3 is 0 Å². The molecule has 1 heteroatoms. The van der Waals surface area contributed by atoms with E-state index in [4.69, 9.17) is 0 Å². The number of fused-ring (bicyclic) bond motifs is 1. The smallest absolute Gasteiger partial charge is 0 e. The molecule has 12 heavy (non-hydrogen) atoms. The van der Waals surface area contributed by atoms with E-state index in [2.05, 4.69) is 38.1 Å². The first kappa shape index (κ1) is 9.76. The van der Waals surface area contributed by atoms with Crippen LogP contribution in [0.3, 0.4) is 0 Å². The number of hydrogen-bond donors (Lipinski definition) is 0. The van der Waals surface area contributed by atoms with Gasteiger partial charge in [0.1, 0.15) is 0 Å². The summed E-state index contributed by atoms with van der Waals surface area (Å²) in [6.07, 6.45) is 5.60. The number of allylic oxidation sites excluding steroid dienone is 1. The monoisotopic (exact) mass is 192 g/mol. The summed E-state index contributed by atoms with van der Waals surface area (Å²) in [4.78, 5) is 0. The zero-order chi connectivity index (χ0) is 7.84. The molecule has 0 unspecified atom stereocenters. The Balaban J connectivity index is 0.000000720. The Bertz CT molecular complexity index is 324. The van der Waals surface area contributed by atoms with Crippen LogP contribution >= 0.6 is 0 Å². The molecule has 1 aromatic rings. The largest absolute Gasteiger partial charge is 0.0795 e. The SMILES string of the molecule is Cc1ccc(C)c2c1C=CC2.[Ti]. The summed E-state index contributed by atoms with van der Waals surface area (Å²) in [5, 5.41) is 0. The van der Waals surface area contributed by atoms with Crippen molar-refractivity contribution in [3.8, 4) is 0 Å². The van der Waals surface area contributed by atoms with Gasteiger partial charge in [-0.25, -0.2) is 0 Å². The van der Waals surface area contributed by atoms with Crippen LogP contribution in [0, 0.1) is 13.8 Å². The van der Waals surface area contributed by atoms with E-state index in [1.807, 2.05) is 0 Å². The summed E-state index contributed by atoms with van der Waals surface area (Å²) in [6.45, 7) is 4.36. The van der Waals surface area contributed by atoms with E-state index in [1.165, 1.54) is 22.3 Å². The van der Waals surface area contributed by atoms with Crippen LogP contribution in [0.1, 0.15) is 22.3 Å². The van der Waals surface area contributed by atoms with Crippen LogP contribution in [0.15, 0.2) is 18.2 Å². The molecule has 2 rings (SSSR count).